The fraction of sp³-hybridized carbons (Fsp3) is 0.300. The third kappa shape index (κ3) is 3.02. The summed E-state index contributed by atoms with van der Waals surface area (Å²) in [6.07, 6.45) is -1.81. The summed E-state index contributed by atoms with van der Waals surface area (Å²) in [5.74, 6) is 0. The zero-order valence-electron chi connectivity index (χ0n) is 14.0. The van der Waals surface area contributed by atoms with Crippen LogP contribution in [0.3, 0.4) is 0 Å². The molecule has 5 nitrogen and oxygen atoms in total. The number of fused-ring (bicyclic) bond motifs is 1. The summed E-state index contributed by atoms with van der Waals surface area (Å²) in [6.45, 7) is -0.0445. The minimum atomic E-state index is -1.26. The summed E-state index contributed by atoms with van der Waals surface area (Å²) < 4.78 is 7.42. The first kappa shape index (κ1) is 17.5. The second-order valence-electron chi connectivity index (χ2n) is 6.63. The van der Waals surface area contributed by atoms with Crippen LogP contribution >= 0.6 is 11.6 Å². The van der Waals surface area contributed by atoms with Gasteiger partial charge in [-0.25, -0.2) is 0 Å². The number of ether oxygens (including phenoxy) is 1. The number of halogens is 1. The van der Waals surface area contributed by atoms with Crippen molar-refractivity contribution in [2.75, 3.05) is 6.61 Å². The van der Waals surface area contributed by atoms with Gasteiger partial charge in [0.25, 0.3) is 0 Å². The van der Waals surface area contributed by atoms with Gasteiger partial charge in [0, 0.05) is 11.6 Å². The Morgan fingerprint density at radius 2 is 1.77 bits per heavy atom. The van der Waals surface area contributed by atoms with Gasteiger partial charge >= 0.3 is 0 Å². The molecule has 0 aliphatic carbocycles. The topological polar surface area (TPSA) is 74.9 Å². The summed E-state index contributed by atoms with van der Waals surface area (Å²) in [4.78, 5) is 0. The predicted octanol–water partition coefficient (Wildman–Crippen LogP) is 2.50. The Morgan fingerprint density at radius 3 is 2.54 bits per heavy atom. The van der Waals surface area contributed by atoms with Crippen molar-refractivity contribution in [2.45, 2.75) is 31.0 Å². The van der Waals surface area contributed by atoms with Crippen LogP contribution in [0.5, 0.6) is 0 Å². The Morgan fingerprint density at radius 1 is 1.00 bits per heavy atom. The minimum absolute atomic E-state index is 0.0445. The van der Waals surface area contributed by atoms with Gasteiger partial charge < -0.3 is 24.6 Å². The molecule has 0 spiro atoms. The molecule has 1 aliphatic rings. The summed E-state index contributed by atoms with van der Waals surface area (Å²) in [5.41, 5.74) is 2.97. The second kappa shape index (κ2) is 7.02. The molecule has 1 fully saturated rings. The van der Waals surface area contributed by atoms with Crippen molar-refractivity contribution in [3.63, 3.8) is 0 Å². The fourth-order valence-corrected chi connectivity index (χ4v) is 3.83. The Hall–Kier alpha value is -1.89. The van der Waals surface area contributed by atoms with Gasteiger partial charge in [-0.3, -0.25) is 0 Å². The van der Waals surface area contributed by atoms with E-state index in [1.165, 1.54) is 0 Å². The van der Waals surface area contributed by atoms with Crippen molar-refractivity contribution in [1.29, 1.82) is 0 Å². The largest absolute Gasteiger partial charge is 0.388 e. The van der Waals surface area contributed by atoms with Crippen LogP contribution in [0, 0.1) is 0 Å². The Bertz CT molecular complexity index is 911. The van der Waals surface area contributed by atoms with Gasteiger partial charge in [-0.05, 0) is 29.7 Å². The SMILES string of the molecule is O[C@@H]1[C@@H](O)[C@H](n2cc(Cc3ccccc3)c3c(Cl)cccc32)OC[C@H]1O. The predicted molar refractivity (Wildman–Crippen MR) is 99.2 cm³/mol. The number of rotatable bonds is 3. The van der Waals surface area contributed by atoms with Crippen molar-refractivity contribution < 1.29 is 20.1 Å². The maximum atomic E-state index is 10.4. The summed E-state index contributed by atoms with van der Waals surface area (Å²) in [7, 11) is 0. The lowest BCUT2D eigenvalue weighted by atomic mass is 10.0. The summed E-state index contributed by atoms with van der Waals surface area (Å²) in [6, 6.07) is 15.6. The summed E-state index contributed by atoms with van der Waals surface area (Å²) >= 11 is 6.46. The average molecular weight is 374 g/mol. The number of aromatic nitrogens is 1. The molecular weight excluding hydrogens is 354 g/mol. The first-order chi connectivity index (χ1) is 12.6. The van der Waals surface area contributed by atoms with Gasteiger partial charge in [-0.15, -0.1) is 0 Å². The number of hydrogen-bond acceptors (Lipinski definition) is 4. The van der Waals surface area contributed by atoms with E-state index in [0.717, 1.165) is 22.0 Å². The van der Waals surface area contributed by atoms with E-state index in [1.54, 1.807) is 4.57 Å². The smallest absolute Gasteiger partial charge is 0.162 e. The van der Waals surface area contributed by atoms with Crippen LogP contribution in [0.25, 0.3) is 10.9 Å². The molecule has 2 aromatic carbocycles. The molecule has 0 unspecified atom stereocenters. The molecule has 4 atom stereocenters. The molecule has 1 aromatic heterocycles. The molecule has 3 N–H and O–H groups in total. The Labute approximate surface area is 156 Å². The molecule has 2 heterocycles. The zero-order chi connectivity index (χ0) is 18.3. The van der Waals surface area contributed by atoms with E-state index in [0.29, 0.717) is 11.4 Å². The van der Waals surface area contributed by atoms with Crippen LogP contribution in [0.15, 0.2) is 54.7 Å². The molecule has 0 bridgehead atoms. The number of benzene rings is 2. The quantitative estimate of drug-likeness (QED) is 0.659. The maximum Gasteiger partial charge on any atom is 0.162 e. The Kier molecular flexibility index (Phi) is 4.73. The minimum Gasteiger partial charge on any atom is -0.388 e. The first-order valence-corrected chi connectivity index (χ1v) is 8.91. The number of aliphatic hydroxyl groups is 3. The standard InChI is InChI=1S/C20H20ClNO4/c21-14-7-4-8-15-17(14)13(9-12-5-2-1-3-6-12)10-22(15)20-19(25)18(24)16(23)11-26-20/h1-8,10,16,18-20,23-25H,9,11H2/t16-,18+,19-,20-/m1/s1. The second-order valence-corrected chi connectivity index (χ2v) is 7.04. The highest BCUT2D eigenvalue weighted by Crippen LogP contribution is 2.35. The zero-order valence-corrected chi connectivity index (χ0v) is 14.8. The van der Waals surface area contributed by atoms with E-state index in [2.05, 4.69) is 0 Å². The molecule has 4 rings (SSSR count). The summed E-state index contributed by atoms with van der Waals surface area (Å²) in [5, 5.41) is 31.7. The third-order valence-electron chi connectivity index (χ3n) is 4.87. The van der Waals surface area contributed by atoms with E-state index in [1.807, 2.05) is 54.7 Å². The fourth-order valence-electron chi connectivity index (χ4n) is 3.54. The molecule has 0 saturated carbocycles. The van der Waals surface area contributed by atoms with Crippen molar-refractivity contribution in [3.8, 4) is 0 Å². The van der Waals surface area contributed by atoms with Crippen LogP contribution in [-0.2, 0) is 11.2 Å². The van der Waals surface area contributed by atoms with E-state index in [9.17, 15) is 15.3 Å². The van der Waals surface area contributed by atoms with Gasteiger partial charge in [0.15, 0.2) is 6.23 Å². The van der Waals surface area contributed by atoms with Gasteiger partial charge in [-0.1, -0.05) is 48.0 Å². The lowest BCUT2D eigenvalue weighted by Crippen LogP contribution is -2.50. The molecule has 136 valence electrons. The molecule has 3 aromatic rings. The van der Waals surface area contributed by atoms with Gasteiger partial charge in [0.05, 0.1) is 17.1 Å². The Balaban J connectivity index is 1.80. The van der Waals surface area contributed by atoms with Gasteiger partial charge in [0.1, 0.15) is 18.3 Å². The van der Waals surface area contributed by atoms with Crippen LogP contribution in [0.2, 0.25) is 5.02 Å². The maximum absolute atomic E-state index is 10.4. The molecule has 1 aliphatic heterocycles. The lowest BCUT2D eigenvalue weighted by molar-refractivity contribution is -0.209. The van der Waals surface area contributed by atoms with Crippen molar-refractivity contribution >= 4 is 22.5 Å². The normalized spacial score (nSPS) is 26.3. The molecular formula is C20H20ClNO4. The van der Waals surface area contributed by atoms with Crippen LogP contribution in [0.4, 0.5) is 0 Å². The third-order valence-corrected chi connectivity index (χ3v) is 5.19. The highest BCUT2D eigenvalue weighted by Gasteiger charge is 2.39. The molecule has 26 heavy (non-hydrogen) atoms. The monoisotopic (exact) mass is 373 g/mol. The average Bonchev–Trinajstić information content (AvgIpc) is 3.00. The molecule has 6 heteroatoms. The first-order valence-electron chi connectivity index (χ1n) is 8.54. The van der Waals surface area contributed by atoms with E-state index in [-0.39, 0.29) is 6.61 Å². The van der Waals surface area contributed by atoms with Crippen LogP contribution < -0.4 is 0 Å². The number of hydrogen-bond donors (Lipinski definition) is 3. The van der Waals surface area contributed by atoms with Gasteiger partial charge in [0.2, 0.25) is 0 Å². The van der Waals surface area contributed by atoms with E-state index in [4.69, 9.17) is 16.3 Å². The molecule has 0 radical (unpaired) electrons. The number of aliphatic hydroxyl groups excluding tert-OH is 3. The highest BCUT2D eigenvalue weighted by molar-refractivity contribution is 6.35. The highest BCUT2D eigenvalue weighted by atomic mass is 35.5. The molecule has 0 amide bonds. The van der Waals surface area contributed by atoms with Crippen LogP contribution in [-0.4, -0.2) is 44.8 Å². The van der Waals surface area contributed by atoms with Crippen molar-refractivity contribution in [2.24, 2.45) is 0 Å². The van der Waals surface area contributed by atoms with E-state index >= 15 is 0 Å². The van der Waals surface area contributed by atoms with Crippen LogP contribution in [0.1, 0.15) is 17.4 Å². The van der Waals surface area contributed by atoms with E-state index < -0.39 is 24.5 Å². The van der Waals surface area contributed by atoms with Crippen molar-refractivity contribution in [3.05, 3.63) is 70.9 Å². The number of nitrogens with zero attached hydrogens (tertiary/aromatic N) is 1. The molecule has 1 saturated heterocycles. The van der Waals surface area contributed by atoms with Gasteiger partial charge in [-0.2, -0.15) is 0 Å². The van der Waals surface area contributed by atoms with Crippen molar-refractivity contribution in [1.82, 2.24) is 4.57 Å². The lowest BCUT2D eigenvalue weighted by Gasteiger charge is -2.36.